The van der Waals surface area contributed by atoms with E-state index in [-0.39, 0.29) is 5.91 Å². The Balaban J connectivity index is 1.72. The number of piperazine rings is 1. The standard InChI is InChI=1S/C18H20Cl2N4O/c1-2-23-7-9-24(10-8-23)17-11-13(5-6-21-17)18(25)22-16-12-14(19)3-4-15(16)20/h3-6,11-12H,2,7-10H2,1H3,(H,22,25). The molecule has 1 aliphatic rings. The topological polar surface area (TPSA) is 48.5 Å². The molecule has 2 heterocycles. The largest absolute Gasteiger partial charge is 0.354 e. The van der Waals surface area contributed by atoms with Crippen LogP contribution in [0, 0.1) is 0 Å². The number of nitrogens with one attached hydrogen (secondary N) is 1. The molecule has 0 radical (unpaired) electrons. The second-order valence-corrected chi connectivity index (χ2v) is 6.75. The maximum atomic E-state index is 12.5. The van der Waals surface area contributed by atoms with E-state index >= 15 is 0 Å². The molecule has 25 heavy (non-hydrogen) atoms. The number of carbonyl (C=O) groups excluding carboxylic acids is 1. The Labute approximate surface area is 157 Å². The van der Waals surface area contributed by atoms with Gasteiger partial charge in [-0.2, -0.15) is 0 Å². The number of anilines is 2. The Morgan fingerprint density at radius 2 is 1.92 bits per heavy atom. The minimum absolute atomic E-state index is 0.236. The molecule has 132 valence electrons. The molecule has 1 amide bonds. The van der Waals surface area contributed by atoms with Crippen LogP contribution in [0.1, 0.15) is 17.3 Å². The van der Waals surface area contributed by atoms with Gasteiger partial charge in [0.2, 0.25) is 0 Å². The fourth-order valence-corrected chi connectivity index (χ4v) is 3.15. The number of hydrogen-bond donors (Lipinski definition) is 1. The van der Waals surface area contributed by atoms with Crippen LogP contribution in [-0.2, 0) is 0 Å². The van der Waals surface area contributed by atoms with Gasteiger partial charge in [-0.3, -0.25) is 4.79 Å². The van der Waals surface area contributed by atoms with Gasteiger partial charge in [0.1, 0.15) is 5.82 Å². The molecule has 1 aromatic carbocycles. The first kappa shape index (κ1) is 18.0. The minimum Gasteiger partial charge on any atom is -0.354 e. The highest BCUT2D eigenvalue weighted by atomic mass is 35.5. The molecule has 1 N–H and O–H groups in total. The number of benzene rings is 1. The summed E-state index contributed by atoms with van der Waals surface area (Å²) in [5.74, 6) is 0.584. The SMILES string of the molecule is CCN1CCN(c2cc(C(=O)Nc3cc(Cl)ccc3Cl)ccn2)CC1. The Morgan fingerprint density at radius 3 is 2.64 bits per heavy atom. The summed E-state index contributed by atoms with van der Waals surface area (Å²) < 4.78 is 0. The number of hydrogen-bond acceptors (Lipinski definition) is 4. The predicted molar refractivity (Wildman–Crippen MR) is 103 cm³/mol. The van der Waals surface area contributed by atoms with Crippen LogP contribution in [0.5, 0.6) is 0 Å². The summed E-state index contributed by atoms with van der Waals surface area (Å²) in [6.45, 7) is 7.06. The monoisotopic (exact) mass is 378 g/mol. The van der Waals surface area contributed by atoms with Crippen molar-refractivity contribution < 1.29 is 4.79 Å². The van der Waals surface area contributed by atoms with Gasteiger partial charge in [0.15, 0.2) is 0 Å². The summed E-state index contributed by atoms with van der Waals surface area (Å²) >= 11 is 12.1. The highest BCUT2D eigenvalue weighted by molar-refractivity contribution is 6.35. The molecule has 0 saturated carbocycles. The second kappa shape index (κ2) is 8.04. The van der Waals surface area contributed by atoms with Crippen molar-refractivity contribution in [3.63, 3.8) is 0 Å². The molecule has 2 aromatic rings. The summed E-state index contributed by atoms with van der Waals surface area (Å²) in [7, 11) is 0. The predicted octanol–water partition coefficient (Wildman–Crippen LogP) is 3.78. The van der Waals surface area contributed by atoms with E-state index in [0.717, 1.165) is 38.5 Å². The van der Waals surface area contributed by atoms with Gasteiger partial charge in [0, 0.05) is 43.0 Å². The van der Waals surface area contributed by atoms with Crippen molar-refractivity contribution in [1.29, 1.82) is 0 Å². The van der Waals surface area contributed by atoms with E-state index in [1.54, 1.807) is 30.5 Å². The van der Waals surface area contributed by atoms with Gasteiger partial charge in [-0.25, -0.2) is 4.98 Å². The number of carbonyl (C=O) groups is 1. The first-order valence-corrected chi connectivity index (χ1v) is 9.02. The number of pyridine rings is 1. The zero-order valence-electron chi connectivity index (χ0n) is 14.0. The molecule has 0 atom stereocenters. The quantitative estimate of drug-likeness (QED) is 0.879. The Bertz CT molecular complexity index is 760. The van der Waals surface area contributed by atoms with E-state index in [4.69, 9.17) is 23.2 Å². The van der Waals surface area contributed by atoms with Crippen LogP contribution in [-0.4, -0.2) is 48.5 Å². The first-order chi connectivity index (χ1) is 12.1. The third kappa shape index (κ3) is 4.42. The van der Waals surface area contributed by atoms with E-state index < -0.39 is 0 Å². The first-order valence-electron chi connectivity index (χ1n) is 8.26. The van der Waals surface area contributed by atoms with Crippen molar-refractivity contribution in [2.75, 3.05) is 42.9 Å². The summed E-state index contributed by atoms with van der Waals surface area (Å²) in [6, 6.07) is 8.48. The van der Waals surface area contributed by atoms with Crippen molar-refractivity contribution in [1.82, 2.24) is 9.88 Å². The maximum Gasteiger partial charge on any atom is 0.255 e. The van der Waals surface area contributed by atoms with E-state index in [9.17, 15) is 4.79 Å². The van der Waals surface area contributed by atoms with Gasteiger partial charge < -0.3 is 15.1 Å². The number of rotatable bonds is 4. The lowest BCUT2D eigenvalue weighted by Crippen LogP contribution is -2.46. The molecule has 0 aliphatic carbocycles. The molecule has 5 nitrogen and oxygen atoms in total. The molecule has 1 aromatic heterocycles. The van der Waals surface area contributed by atoms with Crippen molar-refractivity contribution in [3.8, 4) is 0 Å². The lowest BCUT2D eigenvalue weighted by atomic mass is 10.2. The van der Waals surface area contributed by atoms with Crippen LogP contribution in [0.25, 0.3) is 0 Å². The summed E-state index contributed by atoms with van der Waals surface area (Å²) in [6.07, 6.45) is 1.66. The third-order valence-corrected chi connectivity index (χ3v) is 4.89. The molecular weight excluding hydrogens is 359 g/mol. The van der Waals surface area contributed by atoms with Crippen molar-refractivity contribution in [3.05, 3.63) is 52.1 Å². The van der Waals surface area contributed by atoms with Gasteiger partial charge in [0.05, 0.1) is 10.7 Å². The number of nitrogens with zero attached hydrogens (tertiary/aromatic N) is 3. The van der Waals surface area contributed by atoms with Gasteiger partial charge in [-0.1, -0.05) is 30.1 Å². The summed E-state index contributed by atoms with van der Waals surface area (Å²) in [5, 5.41) is 3.77. The number of aromatic nitrogens is 1. The summed E-state index contributed by atoms with van der Waals surface area (Å²) in [5.41, 5.74) is 1.04. The highest BCUT2D eigenvalue weighted by Gasteiger charge is 2.18. The van der Waals surface area contributed by atoms with E-state index in [1.165, 1.54) is 0 Å². The lowest BCUT2D eigenvalue weighted by Gasteiger charge is -2.34. The fraction of sp³-hybridized carbons (Fsp3) is 0.333. The molecule has 7 heteroatoms. The van der Waals surface area contributed by atoms with Crippen LogP contribution in [0.2, 0.25) is 10.0 Å². The second-order valence-electron chi connectivity index (χ2n) is 5.90. The zero-order valence-corrected chi connectivity index (χ0v) is 15.5. The fourth-order valence-electron chi connectivity index (χ4n) is 2.81. The molecule has 1 saturated heterocycles. The average Bonchev–Trinajstić information content (AvgIpc) is 2.65. The van der Waals surface area contributed by atoms with Crippen LogP contribution in [0.3, 0.4) is 0 Å². The zero-order chi connectivity index (χ0) is 17.8. The molecule has 3 rings (SSSR count). The average molecular weight is 379 g/mol. The van der Waals surface area contributed by atoms with Crippen LogP contribution < -0.4 is 10.2 Å². The Kier molecular flexibility index (Phi) is 5.78. The van der Waals surface area contributed by atoms with Gasteiger partial charge in [-0.15, -0.1) is 0 Å². The van der Waals surface area contributed by atoms with Crippen molar-refractivity contribution in [2.24, 2.45) is 0 Å². The highest BCUT2D eigenvalue weighted by Crippen LogP contribution is 2.26. The number of halogens is 2. The molecule has 1 fully saturated rings. The normalized spacial score (nSPS) is 15.2. The van der Waals surface area contributed by atoms with Crippen LogP contribution in [0.4, 0.5) is 11.5 Å². The third-order valence-electron chi connectivity index (χ3n) is 4.33. The van der Waals surface area contributed by atoms with Crippen LogP contribution >= 0.6 is 23.2 Å². The van der Waals surface area contributed by atoms with Crippen molar-refractivity contribution in [2.45, 2.75) is 6.92 Å². The van der Waals surface area contributed by atoms with Gasteiger partial charge in [0.25, 0.3) is 5.91 Å². The smallest absolute Gasteiger partial charge is 0.255 e. The van der Waals surface area contributed by atoms with E-state index in [1.807, 2.05) is 6.07 Å². The molecular formula is C18H20Cl2N4O. The lowest BCUT2D eigenvalue weighted by molar-refractivity contribution is 0.102. The van der Waals surface area contributed by atoms with E-state index in [0.29, 0.717) is 21.3 Å². The van der Waals surface area contributed by atoms with E-state index in [2.05, 4.69) is 27.0 Å². The maximum absolute atomic E-state index is 12.5. The molecule has 0 spiro atoms. The molecule has 1 aliphatic heterocycles. The molecule has 0 bridgehead atoms. The van der Waals surface area contributed by atoms with Gasteiger partial charge in [-0.05, 0) is 36.9 Å². The summed E-state index contributed by atoms with van der Waals surface area (Å²) in [4.78, 5) is 21.6. The minimum atomic E-state index is -0.236. The van der Waals surface area contributed by atoms with Crippen LogP contribution in [0.15, 0.2) is 36.5 Å². The molecule has 0 unspecified atom stereocenters. The number of likely N-dealkylation sites (N-methyl/N-ethyl adjacent to an activating group) is 1. The van der Waals surface area contributed by atoms with Gasteiger partial charge >= 0.3 is 0 Å². The van der Waals surface area contributed by atoms with Crippen molar-refractivity contribution >= 4 is 40.6 Å². The Morgan fingerprint density at radius 1 is 1.16 bits per heavy atom. The Hall–Kier alpha value is -1.82. The number of amides is 1.